The largest absolute Gasteiger partial charge is 0.348 e. The molecule has 2 heterocycles. The van der Waals surface area contributed by atoms with Gasteiger partial charge in [-0.1, -0.05) is 0 Å². The second kappa shape index (κ2) is 8.14. The van der Waals surface area contributed by atoms with E-state index in [0.29, 0.717) is 6.54 Å². The first-order chi connectivity index (χ1) is 6.86. The van der Waals surface area contributed by atoms with Crippen molar-refractivity contribution >= 4 is 53.8 Å². The fourth-order valence-corrected chi connectivity index (χ4v) is 2.69. The molecule has 1 aliphatic rings. The highest BCUT2D eigenvalue weighted by atomic mass is 35.5. The molecule has 0 aromatic carbocycles. The van der Waals surface area contributed by atoms with Crippen LogP contribution in [-0.2, 0) is 11.3 Å². The van der Waals surface area contributed by atoms with Crippen LogP contribution in [0.4, 0.5) is 0 Å². The Balaban J connectivity index is 0.00000112. The monoisotopic (exact) mass is 301 g/mol. The van der Waals surface area contributed by atoms with Crippen molar-refractivity contribution in [2.45, 2.75) is 12.6 Å². The molecule has 0 aliphatic carbocycles. The molecule has 1 fully saturated rings. The third-order valence-corrected chi connectivity index (χ3v) is 3.65. The van der Waals surface area contributed by atoms with Crippen LogP contribution in [-0.4, -0.2) is 28.6 Å². The average molecular weight is 302 g/mol. The van der Waals surface area contributed by atoms with E-state index in [4.69, 9.17) is 0 Å². The minimum Gasteiger partial charge on any atom is -0.348 e. The normalized spacial score (nSPS) is 18.4. The van der Waals surface area contributed by atoms with Crippen molar-refractivity contribution in [3.8, 4) is 0 Å². The number of halogens is 2. The van der Waals surface area contributed by atoms with Gasteiger partial charge < -0.3 is 5.32 Å². The van der Waals surface area contributed by atoms with E-state index in [1.165, 1.54) is 0 Å². The number of thioether (sulfide) groups is 1. The zero-order valence-corrected chi connectivity index (χ0v) is 11.6. The molecule has 1 aliphatic heterocycles. The van der Waals surface area contributed by atoms with Gasteiger partial charge in [-0.15, -0.1) is 47.9 Å². The highest BCUT2D eigenvalue weighted by Crippen LogP contribution is 2.09. The van der Waals surface area contributed by atoms with Crippen molar-refractivity contribution < 1.29 is 4.79 Å². The molecule has 1 unspecified atom stereocenters. The Labute approximate surface area is 115 Å². The third kappa shape index (κ3) is 4.47. The maximum Gasteiger partial charge on any atom is 0.238 e. The molecule has 2 N–H and O–H groups in total. The van der Waals surface area contributed by atoms with Crippen molar-refractivity contribution in [3.05, 3.63) is 16.6 Å². The molecule has 1 atom stereocenters. The zero-order valence-electron chi connectivity index (χ0n) is 8.34. The molecule has 0 bridgehead atoms. The second-order valence-corrected chi connectivity index (χ2v) is 4.92. The highest BCUT2D eigenvalue weighted by Gasteiger charge is 2.21. The summed E-state index contributed by atoms with van der Waals surface area (Å²) in [6.07, 6.45) is 1.75. The quantitative estimate of drug-likeness (QED) is 0.883. The highest BCUT2D eigenvalue weighted by molar-refractivity contribution is 7.99. The SMILES string of the molecule is Cl.Cl.O=C(NCc1nccs1)C1CSCN1. The first-order valence-corrected chi connectivity index (χ1v) is 6.37. The van der Waals surface area contributed by atoms with E-state index in [0.717, 1.165) is 16.6 Å². The summed E-state index contributed by atoms with van der Waals surface area (Å²) >= 11 is 3.30. The molecule has 0 saturated carbocycles. The summed E-state index contributed by atoms with van der Waals surface area (Å²) in [6.45, 7) is 0.541. The summed E-state index contributed by atoms with van der Waals surface area (Å²) in [5.41, 5.74) is 0. The van der Waals surface area contributed by atoms with E-state index in [9.17, 15) is 4.79 Å². The summed E-state index contributed by atoms with van der Waals surface area (Å²) in [5, 5.41) is 8.84. The molecule has 4 nitrogen and oxygen atoms in total. The van der Waals surface area contributed by atoms with Crippen molar-refractivity contribution in [3.63, 3.8) is 0 Å². The number of carbonyl (C=O) groups excluding carboxylic acids is 1. The van der Waals surface area contributed by atoms with Gasteiger partial charge in [0.05, 0.1) is 12.6 Å². The van der Waals surface area contributed by atoms with Gasteiger partial charge in [0, 0.05) is 23.2 Å². The number of carbonyl (C=O) groups is 1. The van der Waals surface area contributed by atoms with Crippen LogP contribution >= 0.6 is 47.9 Å². The maximum absolute atomic E-state index is 11.5. The standard InChI is InChI=1S/C8H11N3OS2.2ClH/c12-8(6-4-13-5-11-6)10-3-7-9-1-2-14-7;;/h1-2,6,11H,3-5H2,(H,10,12);2*1H. The van der Waals surface area contributed by atoms with E-state index in [1.54, 1.807) is 29.3 Å². The Bertz CT molecular complexity index is 304. The molecule has 1 aromatic rings. The van der Waals surface area contributed by atoms with E-state index >= 15 is 0 Å². The number of nitrogens with zero attached hydrogens (tertiary/aromatic N) is 1. The summed E-state index contributed by atoms with van der Waals surface area (Å²) in [6, 6.07) is -0.0278. The lowest BCUT2D eigenvalue weighted by Crippen LogP contribution is -2.41. The molecule has 0 spiro atoms. The lowest BCUT2D eigenvalue weighted by atomic mass is 10.3. The van der Waals surface area contributed by atoms with Gasteiger partial charge in [0.25, 0.3) is 0 Å². The van der Waals surface area contributed by atoms with Crippen molar-refractivity contribution in [2.24, 2.45) is 0 Å². The van der Waals surface area contributed by atoms with Crippen molar-refractivity contribution in [1.82, 2.24) is 15.6 Å². The van der Waals surface area contributed by atoms with Crippen LogP contribution in [0.25, 0.3) is 0 Å². The molecule has 16 heavy (non-hydrogen) atoms. The van der Waals surface area contributed by atoms with Gasteiger partial charge in [0.2, 0.25) is 5.91 Å². The third-order valence-electron chi connectivity index (χ3n) is 1.93. The maximum atomic E-state index is 11.5. The van der Waals surface area contributed by atoms with Gasteiger partial charge in [-0.05, 0) is 0 Å². The summed E-state index contributed by atoms with van der Waals surface area (Å²) in [4.78, 5) is 15.6. The minimum atomic E-state index is -0.0278. The Morgan fingerprint density at radius 3 is 3.00 bits per heavy atom. The number of nitrogens with one attached hydrogen (secondary N) is 2. The van der Waals surface area contributed by atoms with Gasteiger partial charge in [-0.25, -0.2) is 4.98 Å². The fourth-order valence-electron chi connectivity index (χ4n) is 1.19. The smallest absolute Gasteiger partial charge is 0.238 e. The van der Waals surface area contributed by atoms with Crippen LogP contribution in [0, 0.1) is 0 Å². The number of hydrogen-bond donors (Lipinski definition) is 2. The first kappa shape index (κ1) is 16.0. The minimum absolute atomic E-state index is 0. The van der Waals surface area contributed by atoms with Crippen LogP contribution in [0.5, 0.6) is 0 Å². The topological polar surface area (TPSA) is 54.0 Å². The molecule has 0 radical (unpaired) electrons. The molecule has 92 valence electrons. The molecule has 1 saturated heterocycles. The zero-order chi connectivity index (χ0) is 9.80. The number of amides is 1. The Morgan fingerprint density at radius 1 is 1.62 bits per heavy atom. The Kier molecular flexibility index (Phi) is 8.13. The number of aromatic nitrogens is 1. The van der Waals surface area contributed by atoms with Crippen LogP contribution in [0.1, 0.15) is 5.01 Å². The fraction of sp³-hybridized carbons (Fsp3) is 0.500. The predicted molar refractivity (Wildman–Crippen MR) is 72.7 cm³/mol. The lowest BCUT2D eigenvalue weighted by molar-refractivity contribution is -0.122. The van der Waals surface area contributed by atoms with Gasteiger partial charge in [-0.2, -0.15) is 0 Å². The molecule has 2 rings (SSSR count). The van der Waals surface area contributed by atoms with E-state index < -0.39 is 0 Å². The van der Waals surface area contributed by atoms with Gasteiger partial charge in [0.1, 0.15) is 5.01 Å². The van der Waals surface area contributed by atoms with Crippen LogP contribution in [0.15, 0.2) is 11.6 Å². The lowest BCUT2D eigenvalue weighted by Gasteiger charge is -2.08. The predicted octanol–water partition coefficient (Wildman–Crippen LogP) is 1.27. The van der Waals surface area contributed by atoms with Crippen molar-refractivity contribution in [1.29, 1.82) is 0 Å². The van der Waals surface area contributed by atoms with Crippen LogP contribution in [0.2, 0.25) is 0 Å². The first-order valence-electron chi connectivity index (χ1n) is 4.33. The van der Waals surface area contributed by atoms with Gasteiger partial charge in [0.15, 0.2) is 0 Å². The summed E-state index contributed by atoms with van der Waals surface area (Å²) in [5.74, 6) is 1.81. The summed E-state index contributed by atoms with van der Waals surface area (Å²) in [7, 11) is 0. The second-order valence-electron chi connectivity index (χ2n) is 2.92. The van der Waals surface area contributed by atoms with Crippen LogP contribution < -0.4 is 10.6 Å². The average Bonchev–Trinajstić information content (AvgIpc) is 2.87. The van der Waals surface area contributed by atoms with Crippen molar-refractivity contribution in [2.75, 3.05) is 11.6 Å². The summed E-state index contributed by atoms with van der Waals surface area (Å²) < 4.78 is 0. The number of rotatable bonds is 3. The molecule has 1 aromatic heterocycles. The van der Waals surface area contributed by atoms with E-state index in [-0.39, 0.29) is 36.8 Å². The number of hydrogen-bond acceptors (Lipinski definition) is 5. The van der Waals surface area contributed by atoms with Gasteiger partial charge >= 0.3 is 0 Å². The van der Waals surface area contributed by atoms with Gasteiger partial charge in [-0.3, -0.25) is 10.1 Å². The molecular formula is C8H13Cl2N3OS2. The molecular weight excluding hydrogens is 289 g/mol. The van der Waals surface area contributed by atoms with E-state index in [2.05, 4.69) is 15.6 Å². The Hall–Kier alpha value is -0.0100. The molecule has 1 amide bonds. The number of thiazole rings is 1. The Morgan fingerprint density at radius 2 is 2.44 bits per heavy atom. The van der Waals surface area contributed by atoms with Crippen LogP contribution in [0.3, 0.4) is 0 Å². The van der Waals surface area contributed by atoms with E-state index in [1.807, 2.05) is 5.38 Å². The molecule has 8 heteroatoms.